The van der Waals surface area contributed by atoms with Crippen molar-refractivity contribution in [3.63, 3.8) is 0 Å². The molecule has 0 aliphatic carbocycles. The van der Waals surface area contributed by atoms with Crippen molar-refractivity contribution in [2.75, 3.05) is 19.3 Å². The number of sulfonamides is 1. The molecule has 1 rings (SSSR count). The Morgan fingerprint density at radius 3 is 2.37 bits per heavy atom. The molecular formula is C12H18ClFN2O2S. The summed E-state index contributed by atoms with van der Waals surface area (Å²) >= 11 is 5.62. The minimum Gasteiger partial charge on any atom is -0.399 e. The van der Waals surface area contributed by atoms with Crippen LogP contribution in [0.25, 0.3) is 0 Å². The Labute approximate surface area is 118 Å². The summed E-state index contributed by atoms with van der Waals surface area (Å²) in [5.41, 5.74) is 5.38. The number of benzene rings is 1. The lowest BCUT2D eigenvalue weighted by Gasteiger charge is -2.26. The Balaban J connectivity index is 3.28. The maximum Gasteiger partial charge on any atom is 0.245 e. The first-order valence-corrected chi connectivity index (χ1v) is 7.48. The quantitative estimate of drug-likeness (QED) is 0.873. The van der Waals surface area contributed by atoms with E-state index in [1.807, 2.05) is 20.8 Å². The second kappa shape index (κ2) is 5.26. The fraction of sp³-hybridized carbons (Fsp3) is 0.500. The van der Waals surface area contributed by atoms with Crippen LogP contribution in [0.4, 0.5) is 10.1 Å². The number of nitrogens with two attached hydrogens (primary N) is 1. The average Bonchev–Trinajstić information content (AvgIpc) is 2.20. The molecule has 0 bridgehead atoms. The third-order valence-electron chi connectivity index (χ3n) is 2.40. The standard InChI is InChI=1S/C12H18ClFN2O2S/c1-12(2,3)7-16(4)19(17,18)10-6-8(15)5-9(13)11(10)14/h5-6H,7,15H2,1-4H3. The van der Waals surface area contributed by atoms with Gasteiger partial charge in [-0.3, -0.25) is 0 Å². The van der Waals surface area contributed by atoms with Crippen LogP contribution in [0.15, 0.2) is 17.0 Å². The van der Waals surface area contributed by atoms with Crippen LogP contribution in [0.5, 0.6) is 0 Å². The Morgan fingerprint density at radius 2 is 1.89 bits per heavy atom. The first-order valence-electron chi connectivity index (χ1n) is 5.66. The van der Waals surface area contributed by atoms with Gasteiger partial charge in [0.05, 0.1) is 5.02 Å². The SMILES string of the molecule is CN(CC(C)(C)C)S(=O)(=O)c1cc(N)cc(Cl)c1F. The van der Waals surface area contributed by atoms with E-state index >= 15 is 0 Å². The van der Waals surface area contributed by atoms with Gasteiger partial charge < -0.3 is 5.73 Å². The van der Waals surface area contributed by atoms with Gasteiger partial charge >= 0.3 is 0 Å². The molecule has 0 spiro atoms. The highest BCUT2D eigenvalue weighted by Gasteiger charge is 2.29. The lowest BCUT2D eigenvalue weighted by molar-refractivity contribution is 0.310. The van der Waals surface area contributed by atoms with Crippen molar-refractivity contribution in [2.24, 2.45) is 5.41 Å². The monoisotopic (exact) mass is 308 g/mol. The van der Waals surface area contributed by atoms with E-state index in [-0.39, 0.29) is 22.7 Å². The number of nitrogens with zero attached hydrogens (tertiary/aromatic N) is 1. The molecule has 0 aromatic heterocycles. The number of hydrogen-bond acceptors (Lipinski definition) is 3. The van der Waals surface area contributed by atoms with E-state index in [2.05, 4.69) is 0 Å². The van der Waals surface area contributed by atoms with Crippen LogP contribution >= 0.6 is 11.6 Å². The second-order valence-corrected chi connectivity index (χ2v) is 8.06. The zero-order chi connectivity index (χ0) is 15.0. The van der Waals surface area contributed by atoms with Crippen LogP contribution < -0.4 is 5.73 Å². The molecule has 7 heteroatoms. The number of hydrogen-bond donors (Lipinski definition) is 1. The van der Waals surface area contributed by atoms with Crippen molar-refractivity contribution < 1.29 is 12.8 Å². The number of anilines is 1. The summed E-state index contributed by atoms with van der Waals surface area (Å²) in [6.07, 6.45) is 0. The predicted octanol–water partition coefficient (Wildman–Crippen LogP) is 2.73. The molecule has 1 aromatic carbocycles. The van der Waals surface area contributed by atoms with Crippen LogP contribution in [-0.4, -0.2) is 26.3 Å². The third kappa shape index (κ3) is 3.81. The second-order valence-electron chi connectivity index (χ2n) is 5.64. The van der Waals surface area contributed by atoms with Gasteiger partial charge in [-0.1, -0.05) is 32.4 Å². The summed E-state index contributed by atoms with van der Waals surface area (Å²) in [4.78, 5) is -0.496. The molecule has 0 unspecified atom stereocenters. The first kappa shape index (κ1) is 16.2. The zero-order valence-corrected chi connectivity index (χ0v) is 12.9. The van der Waals surface area contributed by atoms with Gasteiger partial charge in [0, 0.05) is 19.3 Å². The van der Waals surface area contributed by atoms with E-state index in [0.717, 1.165) is 10.4 Å². The average molecular weight is 309 g/mol. The molecule has 0 amide bonds. The Hall–Kier alpha value is -0.850. The molecule has 108 valence electrons. The van der Waals surface area contributed by atoms with Crippen molar-refractivity contribution in [3.05, 3.63) is 23.0 Å². The van der Waals surface area contributed by atoms with E-state index < -0.39 is 20.7 Å². The number of nitrogen functional groups attached to an aromatic ring is 1. The molecule has 0 aliphatic heterocycles. The van der Waals surface area contributed by atoms with Crippen LogP contribution in [0.1, 0.15) is 20.8 Å². The topological polar surface area (TPSA) is 63.4 Å². The van der Waals surface area contributed by atoms with Gasteiger partial charge in [-0.15, -0.1) is 0 Å². The number of halogens is 2. The predicted molar refractivity (Wildman–Crippen MR) is 75.1 cm³/mol. The summed E-state index contributed by atoms with van der Waals surface area (Å²) in [6.45, 7) is 5.92. The lowest BCUT2D eigenvalue weighted by Crippen LogP contribution is -2.35. The van der Waals surface area contributed by atoms with Crippen molar-refractivity contribution in [3.8, 4) is 0 Å². The van der Waals surface area contributed by atoms with Gasteiger partial charge in [-0.05, 0) is 17.5 Å². The summed E-state index contributed by atoms with van der Waals surface area (Å²) in [7, 11) is -2.55. The smallest absolute Gasteiger partial charge is 0.245 e. The molecule has 0 radical (unpaired) electrons. The molecule has 0 heterocycles. The molecule has 1 aromatic rings. The molecule has 0 aliphatic rings. The van der Waals surface area contributed by atoms with Gasteiger partial charge in [0.25, 0.3) is 0 Å². The largest absolute Gasteiger partial charge is 0.399 e. The summed E-state index contributed by atoms with van der Waals surface area (Å²) in [5.74, 6) is -0.975. The van der Waals surface area contributed by atoms with Gasteiger partial charge in [-0.2, -0.15) is 0 Å². The molecule has 19 heavy (non-hydrogen) atoms. The van der Waals surface area contributed by atoms with E-state index in [9.17, 15) is 12.8 Å². The maximum atomic E-state index is 13.9. The molecule has 0 fully saturated rings. The number of rotatable bonds is 3. The van der Waals surface area contributed by atoms with Crippen molar-refractivity contribution in [1.29, 1.82) is 0 Å². The van der Waals surface area contributed by atoms with Crippen molar-refractivity contribution in [2.45, 2.75) is 25.7 Å². The van der Waals surface area contributed by atoms with Crippen LogP contribution in [0.2, 0.25) is 5.02 Å². The highest BCUT2D eigenvalue weighted by atomic mass is 35.5. The fourth-order valence-electron chi connectivity index (χ4n) is 1.69. The van der Waals surface area contributed by atoms with Gasteiger partial charge in [0.2, 0.25) is 10.0 Å². The zero-order valence-electron chi connectivity index (χ0n) is 11.4. The van der Waals surface area contributed by atoms with E-state index in [1.165, 1.54) is 13.1 Å². The van der Waals surface area contributed by atoms with Crippen LogP contribution in [0, 0.1) is 11.2 Å². The minimum absolute atomic E-state index is 0.106. The third-order valence-corrected chi connectivity index (χ3v) is 4.48. The maximum absolute atomic E-state index is 13.9. The molecule has 2 N–H and O–H groups in total. The van der Waals surface area contributed by atoms with E-state index in [0.29, 0.717) is 0 Å². The van der Waals surface area contributed by atoms with Gasteiger partial charge in [-0.25, -0.2) is 17.1 Å². The van der Waals surface area contributed by atoms with Crippen LogP contribution in [-0.2, 0) is 10.0 Å². The Bertz CT molecular complexity index is 582. The fourth-order valence-corrected chi connectivity index (χ4v) is 3.49. The van der Waals surface area contributed by atoms with E-state index in [4.69, 9.17) is 17.3 Å². The minimum atomic E-state index is -3.95. The molecule has 0 atom stereocenters. The molecular weight excluding hydrogens is 291 g/mol. The van der Waals surface area contributed by atoms with Crippen molar-refractivity contribution >= 4 is 27.3 Å². The Morgan fingerprint density at radius 1 is 1.37 bits per heavy atom. The van der Waals surface area contributed by atoms with Crippen molar-refractivity contribution in [1.82, 2.24) is 4.31 Å². The van der Waals surface area contributed by atoms with Gasteiger partial charge in [0.1, 0.15) is 4.90 Å². The van der Waals surface area contributed by atoms with Crippen LogP contribution in [0.3, 0.4) is 0 Å². The highest BCUT2D eigenvalue weighted by molar-refractivity contribution is 7.89. The van der Waals surface area contributed by atoms with Gasteiger partial charge in [0.15, 0.2) is 5.82 Å². The first-order chi connectivity index (χ1) is 8.45. The normalized spacial score (nSPS) is 13.0. The molecule has 0 saturated carbocycles. The summed E-state index contributed by atoms with van der Waals surface area (Å²) in [5, 5.41) is -0.303. The Kier molecular flexibility index (Phi) is 4.49. The molecule has 0 saturated heterocycles. The van der Waals surface area contributed by atoms with E-state index in [1.54, 1.807) is 0 Å². The molecule has 4 nitrogen and oxygen atoms in total. The lowest BCUT2D eigenvalue weighted by atomic mass is 9.97. The summed E-state index contributed by atoms with van der Waals surface area (Å²) < 4.78 is 39.6. The highest BCUT2D eigenvalue weighted by Crippen LogP contribution is 2.28. The summed E-state index contributed by atoms with van der Waals surface area (Å²) in [6, 6.07) is 2.26.